The molecule has 7 heteroatoms. The van der Waals surface area contributed by atoms with Gasteiger partial charge in [-0.1, -0.05) is 11.6 Å². The molecule has 2 nitrogen and oxygen atoms in total. The third-order valence-electron chi connectivity index (χ3n) is 2.49. The van der Waals surface area contributed by atoms with E-state index in [1.807, 2.05) is 0 Å². The van der Waals surface area contributed by atoms with Crippen LogP contribution in [0.15, 0.2) is 17.3 Å². The van der Waals surface area contributed by atoms with Gasteiger partial charge in [0.25, 0.3) is 0 Å². The molecule has 0 aromatic carbocycles. The van der Waals surface area contributed by atoms with Crippen LogP contribution in [-0.2, 0) is 6.18 Å². The van der Waals surface area contributed by atoms with Crippen molar-refractivity contribution in [3.8, 4) is 0 Å². The van der Waals surface area contributed by atoms with Gasteiger partial charge in [0.05, 0.1) is 10.6 Å². The summed E-state index contributed by atoms with van der Waals surface area (Å²) in [6.45, 7) is 0.814. The molecule has 1 aliphatic carbocycles. The number of thioether (sulfide) groups is 1. The van der Waals surface area contributed by atoms with Gasteiger partial charge in [-0.15, -0.1) is 11.8 Å². The minimum Gasteiger partial charge on any atom is -0.313 e. The minimum absolute atomic E-state index is 0.0567. The Labute approximate surface area is 112 Å². The van der Waals surface area contributed by atoms with Gasteiger partial charge in [0.15, 0.2) is 0 Å². The lowest BCUT2D eigenvalue weighted by Crippen LogP contribution is -2.19. The molecule has 0 saturated heterocycles. The summed E-state index contributed by atoms with van der Waals surface area (Å²) in [4.78, 5) is 3.76. The molecule has 0 atom stereocenters. The van der Waals surface area contributed by atoms with Crippen molar-refractivity contribution in [1.82, 2.24) is 10.3 Å². The molecule has 0 spiro atoms. The molecular formula is C11H12ClF3N2S. The molecule has 1 aromatic rings. The van der Waals surface area contributed by atoms with E-state index in [-0.39, 0.29) is 5.02 Å². The minimum atomic E-state index is -4.40. The third kappa shape index (κ3) is 4.03. The first-order valence-electron chi connectivity index (χ1n) is 5.56. The summed E-state index contributed by atoms with van der Waals surface area (Å²) in [6.07, 6.45) is -1.15. The Bertz CT molecular complexity index is 421. The van der Waals surface area contributed by atoms with Gasteiger partial charge in [-0.3, -0.25) is 0 Å². The van der Waals surface area contributed by atoms with Crippen molar-refractivity contribution >= 4 is 23.4 Å². The summed E-state index contributed by atoms with van der Waals surface area (Å²) < 4.78 is 37.2. The Kier molecular flexibility index (Phi) is 4.40. The van der Waals surface area contributed by atoms with Gasteiger partial charge in [0.2, 0.25) is 0 Å². The molecule has 1 heterocycles. The number of nitrogens with zero attached hydrogens (tertiary/aromatic N) is 1. The van der Waals surface area contributed by atoms with E-state index in [9.17, 15) is 13.2 Å². The summed E-state index contributed by atoms with van der Waals surface area (Å²) in [5.74, 6) is 0.745. The molecule has 1 fully saturated rings. The van der Waals surface area contributed by atoms with Crippen molar-refractivity contribution in [1.29, 1.82) is 0 Å². The van der Waals surface area contributed by atoms with E-state index in [2.05, 4.69) is 10.3 Å². The Balaban J connectivity index is 1.88. The van der Waals surface area contributed by atoms with Crippen LogP contribution < -0.4 is 5.32 Å². The number of hydrogen-bond acceptors (Lipinski definition) is 3. The highest BCUT2D eigenvalue weighted by Crippen LogP contribution is 2.33. The first-order valence-corrected chi connectivity index (χ1v) is 6.92. The SMILES string of the molecule is FC(F)(F)c1cnc(SCCNC2CC2)c(Cl)c1. The Hall–Kier alpha value is -0.460. The summed E-state index contributed by atoms with van der Waals surface area (Å²) in [5, 5.41) is 3.81. The lowest BCUT2D eigenvalue weighted by molar-refractivity contribution is -0.137. The second-order valence-corrected chi connectivity index (χ2v) is 5.58. The van der Waals surface area contributed by atoms with Gasteiger partial charge >= 0.3 is 6.18 Å². The van der Waals surface area contributed by atoms with Gasteiger partial charge < -0.3 is 5.32 Å². The van der Waals surface area contributed by atoms with Crippen molar-refractivity contribution in [2.24, 2.45) is 0 Å². The van der Waals surface area contributed by atoms with Gasteiger partial charge in [0, 0.05) is 24.5 Å². The zero-order valence-electron chi connectivity index (χ0n) is 9.43. The van der Waals surface area contributed by atoms with Crippen LogP contribution in [0.1, 0.15) is 18.4 Å². The van der Waals surface area contributed by atoms with Crippen LogP contribution in [-0.4, -0.2) is 23.3 Å². The lowest BCUT2D eigenvalue weighted by atomic mass is 10.3. The molecule has 0 aliphatic heterocycles. The van der Waals surface area contributed by atoms with E-state index >= 15 is 0 Å². The molecule has 0 bridgehead atoms. The number of nitrogens with one attached hydrogen (secondary N) is 1. The van der Waals surface area contributed by atoms with Crippen LogP contribution in [0.2, 0.25) is 5.02 Å². The van der Waals surface area contributed by atoms with Crippen molar-refractivity contribution in [2.45, 2.75) is 30.1 Å². The number of alkyl halides is 3. The van der Waals surface area contributed by atoms with Gasteiger partial charge in [-0.2, -0.15) is 13.2 Å². The predicted octanol–water partition coefficient (Wildman–Crippen LogP) is 3.60. The molecular weight excluding hydrogens is 285 g/mol. The lowest BCUT2D eigenvalue weighted by Gasteiger charge is -2.09. The number of halogens is 4. The number of aromatic nitrogens is 1. The molecule has 1 aliphatic rings. The van der Waals surface area contributed by atoms with E-state index in [1.54, 1.807) is 0 Å². The van der Waals surface area contributed by atoms with Crippen LogP contribution in [0.3, 0.4) is 0 Å². The van der Waals surface area contributed by atoms with Crippen molar-refractivity contribution in [2.75, 3.05) is 12.3 Å². The smallest absolute Gasteiger partial charge is 0.313 e. The van der Waals surface area contributed by atoms with E-state index < -0.39 is 11.7 Å². The molecule has 0 unspecified atom stereocenters. The van der Waals surface area contributed by atoms with Crippen LogP contribution >= 0.6 is 23.4 Å². The summed E-state index contributed by atoms with van der Waals surface area (Å²) in [7, 11) is 0. The summed E-state index contributed by atoms with van der Waals surface area (Å²) in [6, 6.07) is 1.55. The van der Waals surface area contributed by atoms with E-state index in [0.717, 1.165) is 24.6 Å². The van der Waals surface area contributed by atoms with Gasteiger partial charge in [-0.25, -0.2) is 4.98 Å². The Morgan fingerprint density at radius 1 is 1.44 bits per heavy atom. The maximum Gasteiger partial charge on any atom is 0.417 e. The fourth-order valence-corrected chi connectivity index (χ4v) is 2.45. The fourth-order valence-electron chi connectivity index (χ4n) is 1.38. The first kappa shape index (κ1) is 14.0. The maximum atomic E-state index is 12.4. The quantitative estimate of drug-likeness (QED) is 0.664. The van der Waals surface area contributed by atoms with Gasteiger partial charge in [0.1, 0.15) is 5.03 Å². The average molecular weight is 297 g/mol. The molecule has 1 N–H and O–H groups in total. The van der Waals surface area contributed by atoms with E-state index in [0.29, 0.717) is 11.1 Å². The number of pyridine rings is 1. The molecule has 0 amide bonds. The highest BCUT2D eigenvalue weighted by atomic mass is 35.5. The van der Waals surface area contributed by atoms with Crippen molar-refractivity contribution in [3.63, 3.8) is 0 Å². The first-order chi connectivity index (χ1) is 8.47. The molecule has 1 aromatic heterocycles. The zero-order chi connectivity index (χ0) is 13.2. The second kappa shape index (κ2) is 5.67. The molecule has 0 radical (unpaired) electrons. The molecule has 2 rings (SSSR count). The maximum absolute atomic E-state index is 12.4. The average Bonchev–Trinajstić information content (AvgIpc) is 3.08. The third-order valence-corrected chi connectivity index (χ3v) is 3.89. The zero-order valence-corrected chi connectivity index (χ0v) is 11.0. The van der Waals surface area contributed by atoms with E-state index in [1.165, 1.54) is 24.6 Å². The monoisotopic (exact) mass is 296 g/mol. The van der Waals surface area contributed by atoms with Crippen molar-refractivity contribution in [3.05, 3.63) is 22.8 Å². The van der Waals surface area contributed by atoms with Crippen LogP contribution in [0, 0.1) is 0 Å². The van der Waals surface area contributed by atoms with Crippen molar-refractivity contribution < 1.29 is 13.2 Å². The molecule has 1 saturated carbocycles. The molecule has 100 valence electrons. The van der Waals surface area contributed by atoms with Gasteiger partial charge in [-0.05, 0) is 18.9 Å². The van der Waals surface area contributed by atoms with Crippen LogP contribution in [0.4, 0.5) is 13.2 Å². The number of hydrogen-bond donors (Lipinski definition) is 1. The largest absolute Gasteiger partial charge is 0.417 e. The Morgan fingerprint density at radius 3 is 2.72 bits per heavy atom. The normalized spacial score (nSPS) is 16.0. The van der Waals surface area contributed by atoms with E-state index in [4.69, 9.17) is 11.6 Å². The highest BCUT2D eigenvalue weighted by Gasteiger charge is 2.31. The predicted molar refractivity (Wildman–Crippen MR) is 66.0 cm³/mol. The molecule has 18 heavy (non-hydrogen) atoms. The fraction of sp³-hybridized carbons (Fsp3) is 0.545. The van der Waals surface area contributed by atoms with Crippen LogP contribution in [0.25, 0.3) is 0 Å². The summed E-state index contributed by atoms with van der Waals surface area (Å²) >= 11 is 7.15. The summed E-state index contributed by atoms with van der Waals surface area (Å²) in [5.41, 5.74) is -0.812. The number of rotatable bonds is 5. The standard InChI is InChI=1S/C11H12ClF3N2S/c12-9-5-7(11(13,14)15)6-17-10(9)18-4-3-16-8-1-2-8/h5-6,8,16H,1-4H2. The Morgan fingerprint density at radius 2 is 2.17 bits per heavy atom. The second-order valence-electron chi connectivity index (χ2n) is 4.09. The van der Waals surface area contributed by atoms with Crippen LogP contribution in [0.5, 0.6) is 0 Å². The highest BCUT2D eigenvalue weighted by molar-refractivity contribution is 7.99. The topological polar surface area (TPSA) is 24.9 Å².